The van der Waals surface area contributed by atoms with Crippen molar-refractivity contribution in [3.8, 4) is 0 Å². The van der Waals surface area contributed by atoms with Crippen molar-refractivity contribution >= 4 is 11.8 Å². The van der Waals surface area contributed by atoms with E-state index in [1.165, 1.54) is 19.2 Å². The number of benzene rings is 2. The van der Waals surface area contributed by atoms with Crippen LogP contribution in [0, 0.1) is 5.82 Å². The van der Waals surface area contributed by atoms with Gasteiger partial charge in [0.15, 0.2) is 6.10 Å². The first kappa shape index (κ1) is 17.6. The minimum absolute atomic E-state index is 0.173. The summed E-state index contributed by atoms with van der Waals surface area (Å²) in [4.78, 5) is 24.1. The zero-order chi connectivity index (χ0) is 17.5. The van der Waals surface area contributed by atoms with E-state index in [4.69, 9.17) is 10.5 Å². The van der Waals surface area contributed by atoms with Crippen LogP contribution in [0.3, 0.4) is 0 Å². The van der Waals surface area contributed by atoms with Gasteiger partial charge in [-0.2, -0.15) is 0 Å². The molecule has 6 heteroatoms. The highest BCUT2D eigenvalue weighted by atomic mass is 19.1. The molecule has 0 saturated heterocycles. The van der Waals surface area contributed by atoms with Gasteiger partial charge in [-0.3, -0.25) is 9.59 Å². The maximum Gasteiger partial charge on any atom is 0.254 e. The molecule has 0 radical (unpaired) electrons. The third-order valence-electron chi connectivity index (χ3n) is 3.59. The quantitative estimate of drug-likeness (QED) is 0.811. The van der Waals surface area contributed by atoms with Crippen LogP contribution >= 0.6 is 0 Å². The van der Waals surface area contributed by atoms with Crippen LogP contribution in [-0.2, 0) is 20.7 Å². The van der Waals surface area contributed by atoms with Crippen LogP contribution in [0.4, 0.5) is 4.39 Å². The summed E-state index contributed by atoms with van der Waals surface area (Å²) in [5.41, 5.74) is 6.73. The van der Waals surface area contributed by atoms with Crippen LogP contribution in [0.15, 0.2) is 54.6 Å². The van der Waals surface area contributed by atoms with Crippen molar-refractivity contribution < 1.29 is 18.7 Å². The minimum atomic E-state index is -0.913. The Morgan fingerprint density at radius 2 is 1.75 bits per heavy atom. The van der Waals surface area contributed by atoms with Gasteiger partial charge in [0.2, 0.25) is 5.91 Å². The van der Waals surface area contributed by atoms with Crippen LogP contribution in [0.2, 0.25) is 0 Å². The fourth-order valence-corrected chi connectivity index (χ4v) is 2.35. The number of carbonyl (C=O) groups excluding carboxylic acids is 2. The van der Waals surface area contributed by atoms with Crippen LogP contribution in [0.25, 0.3) is 0 Å². The summed E-state index contributed by atoms with van der Waals surface area (Å²) in [7, 11) is 1.41. The van der Waals surface area contributed by atoms with Gasteiger partial charge in [0, 0.05) is 13.5 Å². The molecule has 5 nitrogen and oxygen atoms in total. The summed E-state index contributed by atoms with van der Waals surface area (Å²) in [6.07, 6.45) is -0.673. The number of hydrogen-bond acceptors (Lipinski definition) is 3. The van der Waals surface area contributed by atoms with Gasteiger partial charge in [-0.1, -0.05) is 42.5 Å². The Morgan fingerprint density at radius 3 is 2.29 bits per heavy atom. The molecule has 0 fully saturated rings. The third kappa shape index (κ3) is 4.63. The van der Waals surface area contributed by atoms with Crippen molar-refractivity contribution in [3.63, 3.8) is 0 Å². The Balaban J connectivity index is 2.10. The molecule has 3 N–H and O–H groups in total. The van der Waals surface area contributed by atoms with E-state index in [-0.39, 0.29) is 12.2 Å². The van der Waals surface area contributed by atoms with Crippen molar-refractivity contribution in [2.24, 2.45) is 5.73 Å². The maximum absolute atomic E-state index is 13.0. The monoisotopic (exact) mass is 330 g/mol. The van der Waals surface area contributed by atoms with Crippen molar-refractivity contribution in [2.45, 2.75) is 18.6 Å². The number of nitrogens with one attached hydrogen (secondary N) is 1. The van der Waals surface area contributed by atoms with Gasteiger partial charge in [-0.15, -0.1) is 0 Å². The normalized spacial score (nSPS) is 13.1. The largest absolute Gasteiger partial charge is 0.368 e. The Bertz CT molecular complexity index is 689. The molecule has 0 aliphatic rings. The van der Waals surface area contributed by atoms with Crippen LogP contribution in [0.1, 0.15) is 17.2 Å². The molecule has 0 unspecified atom stereocenters. The van der Waals surface area contributed by atoms with E-state index in [9.17, 15) is 14.0 Å². The van der Waals surface area contributed by atoms with Gasteiger partial charge < -0.3 is 15.8 Å². The first-order chi connectivity index (χ1) is 11.5. The highest BCUT2D eigenvalue weighted by Crippen LogP contribution is 2.17. The zero-order valence-corrected chi connectivity index (χ0v) is 13.2. The maximum atomic E-state index is 13.0. The van der Waals surface area contributed by atoms with E-state index >= 15 is 0 Å². The summed E-state index contributed by atoms with van der Waals surface area (Å²) >= 11 is 0. The van der Waals surface area contributed by atoms with E-state index < -0.39 is 24.0 Å². The number of nitrogens with two attached hydrogens (primary N) is 1. The van der Waals surface area contributed by atoms with E-state index in [1.807, 2.05) is 6.07 Å². The summed E-state index contributed by atoms with van der Waals surface area (Å²) in [6.45, 7) is 0. The second-order valence-corrected chi connectivity index (χ2v) is 5.32. The number of halogens is 1. The number of ether oxygens (including phenoxy) is 1. The lowest BCUT2D eigenvalue weighted by atomic mass is 10.0. The lowest BCUT2D eigenvalue weighted by Gasteiger charge is -2.20. The Morgan fingerprint density at radius 1 is 1.12 bits per heavy atom. The average Bonchev–Trinajstić information content (AvgIpc) is 2.57. The lowest BCUT2D eigenvalue weighted by Crippen LogP contribution is -2.47. The smallest absolute Gasteiger partial charge is 0.254 e. The molecule has 2 aromatic rings. The molecule has 24 heavy (non-hydrogen) atoms. The standard InChI is InChI=1S/C18H19FN2O3/c1-24-16(13-5-3-2-4-6-13)18(23)21-15(17(20)22)11-12-7-9-14(19)10-8-12/h2-10,15-16H,11H2,1H3,(H2,20,22)(H,21,23)/t15-,16+/m1/s1. The molecule has 2 amide bonds. The van der Waals surface area contributed by atoms with Gasteiger partial charge in [0.25, 0.3) is 5.91 Å². The van der Waals surface area contributed by atoms with Crippen LogP contribution in [-0.4, -0.2) is 25.0 Å². The first-order valence-electron chi connectivity index (χ1n) is 7.43. The molecule has 0 bridgehead atoms. The van der Waals surface area contributed by atoms with Crippen LogP contribution < -0.4 is 11.1 Å². The number of carbonyl (C=O) groups is 2. The summed E-state index contributed by atoms with van der Waals surface area (Å²) in [5.74, 6) is -1.51. The molecule has 2 atom stereocenters. The Labute approximate surface area is 139 Å². The number of methoxy groups -OCH3 is 1. The molecule has 0 saturated carbocycles. The molecule has 0 aliphatic carbocycles. The van der Waals surface area contributed by atoms with Gasteiger partial charge in [-0.05, 0) is 23.3 Å². The SMILES string of the molecule is CO[C@H](C(=O)N[C@H](Cc1ccc(F)cc1)C(N)=O)c1ccccc1. The van der Waals surface area contributed by atoms with E-state index in [2.05, 4.69) is 5.32 Å². The highest BCUT2D eigenvalue weighted by molar-refractivity contribution is 5.89. The van der Waals surface area contributed by atoms with Crippen molar-refractivity contribution in [2.75, 3.05) is 7.11 Å². The Hall–Kier alpha value is -2.73. The van der Waals surface area contributed by atoms with Gasteiger partial charge in [-0.25, -0.2) is 4.39 Å². The van der Waals surface area contributed by atoms with Crippen molar-refractivity contribution in [3.05, 3.63) is 71.5 Å². The summed E-state index contributed by atoms with van der Waals surface area (Å²) in [5, 5.41) is 2.60. The third-order valence-corrected chi connectivity index (χ3v) is 3.59. The van der Waals surface area contributed by atoms with Gasteiger partial charge in [0.05, 0.1) is 0 Å². The zero-order valence-electron chi connectivity index (χ0n) is 13.2. The van der Waals surface area contributed by atoms with Gasteiger partial charge in [0.1, 0.15) is 11.9 Å². The number of primary amides is 1. The lowest BCUT2D eigenvalue weighted by molar-refractivity contribution is -0.134. The second-order valence-electron chi connectivity index (χ2n) is 5.32. The molecule has 2 rings (SSSR count). The number of amides is 2. The molecule has 0 spiro atoms. The molecule has 126 valence electrons. The minimum Gasteiger partial charge on any atom is -0.368 e. The Kier molecular flexibility index (Phi) is 6.03. The van der Waals surface area contributed by atoms with Gasteiger partial charge >= 0.3 is 0 Å². The van der Waals surface area contributed by atoms with E-state index in [0.717, 1.165) is 0 Å². The van der Waals surface area contributed by atoms with Crippen molar-refractivity contribution in [1.82, 2.24) is 5.32 Å². The summed E-state index contributed by atoms with van der Waals surface area (Å²) < 4.78 is 18.2. The predicted molar refractivity (Wildman–Crippen MR) is 87.4 cm³/mol. The fraction of sp³-hybridized carbons (Fsp3) is 0.222. The molecule has 0 heterocycles. The topological polar surface area (TPSA) is 81.4 Å². The number of hydrogen-bond donors (Lipinski definition) is 2. The summed E-state index contributed by atoms with van der Waals surface area (Å²) in [6, 6.07) is 13.7. The van der Waals surface area contributed by atoms with E-state index in [0.29, 0.717) is 11.1 Å². The highest BCUT2D eigenvalue weighted by Gasteiger charge is 2.25. The van der Waals surface area contributed by atoms with E-state index in [1.54, 1.807) is 36.4 Å². The number of rotatable bonds is 7. The fourth-order valence-electron chi connectivity index (χ4n) is 2.35. The van der Waals surface area contributed by atoms with Crippen molar-refractivity contribution in [1.29, 1.82) is 0 Å². The second kappa shape index (κ2) is 8.21. The molecule has 2 aromatic carbocycles. The van der Waals surface area contributed by atoms with Crippen LogP contribution in [0.5, 0.6) is 0 Å². The first-order valence-corrected chi connectivity index (χ1v) is 7.43. The molecule has 0 aliphatic heterocycles. The predicted octanol–water partition coefficient (Wildman–Crippen LogP) is 1.73. The average molecular weight is 330 g/mol. The molecule has 0 aromatic heterocycles. The molecular formula is C18H19FN2O3. The molecular weight excluding hydrogens is 311 g/mol.